The molecule has 47 heavy (non-hydrogen) atoms. The monoisotopic (exact) mass is 654 g/mol. The predicted molar refractivity (Wildman–Crippen MR) is 164 cm³/mol. The Morgan fingerprint density at radius 2 is 1.83 bits per heavy atom. The lowest BCUT2D eigenvalue weighted by molar-refractivity contribution is -0.131. The molecule has 1 fully saturated rings. The Balaban J connectivity index is 0.00000160. The van der Waals surface area contributed by atoms with Gasteiger partial charge in [-0.2, -0.15) is 0 Å². The van der Waals surface area contributed by atoms with E-state index in [-0.39, 0.29) is 69.0 Å². The van der Waals surface area contributed by atoms with Crippen LogP contribution in [0.3, 0.4) is 0 Å². The lowest BCUT2D eigenvalue weighted by Gasteiger charge is -2.25. The summed E-state index contributed by atoms with van der Waals surface area (Å²) in [5.41, 5.74) is 1.17. The molecule has 2 bridgehead atoms. The van der Waals surface area contributed by atoms with E-state index in [2.05, 4.69) is 10.3 Å². The van der Waals surface area contributed by atoms with E-state index in [9.17, 15) is 23.2 Å². The highest BCUT2D eigenvalue weighted by molar-refractivity contribution is 5.95. The summed E-state index contributed by atoms with van der Waals surface area (Å²) in [5.74, 6) is -2.55. The van der Waals surface area contributed by atoms with Gasteiger partial charge in [-0.3, -0.25) is 19.2 Å². The van der Waals surface area contributed by atoms with Crippen LogP contribution in [0, 0.1) is 17.6 Å². The first-order valence-corrected chi connectivity index (χ1v) is 14.9. The fourth-order valence-corrected chi connectivity index (χ4v) is 5.65. The molecule has 2 N–H and O–H groups in total. The van der Waals surface area contributed by atoms with Crippen molar-refractivity contribution >= 4 is 24.2 Å². The van der Waals surface area contributed by atoms with Crippen molar-refractivity contribution in [1.82, 2.24) is 20.1 Å². The van der Waals surface area contributed by atoms with Crippen LogP contribution in [0.15, 0.2) is 54.7 Å². The molecule has 2 aromatic carbocycles. The average molecular weight is 655 g/mol. The number of ether oxygens (including phenoxy) is 3. The first-order valence-electron chi connectivity index (χ1n) is 14.9. The first-order chi connectivity index (χ1) is 22.7. The molecule has 1 saturated heterocycles. The second-order valence-electron chi connectivity index (χ2n) is 10.8. The third-order valence-corrected chi connectivity index (χ3v) is 8.00. The van der Waals surface area contributed by atoms with Crippen molar-refractivity contribution < 1.29 is 47.3 Å². The van der Waals surface area contributed by atoms with Gasteiger partial charge in [-0.1, -0.05) is 18.2 Å². The highest BCUT2D eigenvalue weighted by Gasteiger charge is 2.41. The van der Waals surface area contributed by atoms with Gasteiger partial charge >= 0.3 is 0 Å². The van der Waals surface area contributed by atoms with Gasteiger partial charge in [0.05, 0.1) is 33.1 Å². The van der Waals surface area contributed by atoms with Gasteiger partial charge in [-0.15, -0.1) is 0 Å². The molecule has 3 aromatic rings. The van der Waals surface area contributed by atoms with Gasteiger partial charge in [0.15, 0.2) is 23.1 Å². The number of nitrogens with zero attached hydrogens (tertiary/aromatic N) is 3. The molecular formula is C33H36F2N4O8. The maximum absolute atomic E-state index is 14.3. The van der Waals surface area contributed by atoms with E-state index < -0.39 is 23.5 Å². The molecule has 2 atom stereocenters. The number of likely N-dealkylation sites (tertiary alicyclic amines) is 1. The third kappa shape index (κ3) is 8.51. The number of fused-ring (bicyclic) bond motifs is 4. The van der Waals surface area contributed by atoms with Crippen LogP contribution < -0.4 is 19.5 Å². The highest BCUT2D eigenvalue weighted by Crippen LogP contribution is 2.38. The maximum atomic E-state index is 14.3. The van der Waals surface area contributed by atoms with Crippen molar-refractivity contribution in [3.63, 3.8) is 0 Å². The summed E-state index contributed by atoms with van der Waals surface area (Å²) < 4.78 is 44.7. The fourth-order valence-electron chi connectivity index (χ4n) is 5.65. The second-order valence-corrected chi connectivity index (χ2v) is 10.8. The Bertz CT molecular complexity index is 1590. The highest BCUT2D eigenvalue weighted by atomic mass is 19.2. The number of benzene rings is 2. The van der Waals surface area contributed by atoms with Crippen molar-refractivity contribution in [1.29, 1.82) is 0 Å². The van der Waals surface area contributed by atoms with E-state index in [0.29, 0.717) is 35.9 Å². The molecule has 12 nitrogen and oxygen atoms in total. The normalized spacial score (nSPS) is 17.9. The summed E-state index contributed by atoms with van der Waals surface area (Å²) in [7, 11) is 2.99. The first kappa shape index (κ1) is 34.6. The molecule has 0 aliphatic carbocycles. The van der Waals surface area contributed by atoms with Crippen LogP contribution >= 0.6 is 0 Å². The number of nitrogens with one attached hydrogen (secondary N) is 1. The quantitative estimate of drug-likeness (QED) is 0.397. The second kappa shape index (κ2) is 16.3. The van der Waals surface area contributed by atoms with Gasteiger partial charge in [0, 0.05) is 55.5 Å². The summed E-state index contributed by atoms with van der Waals surface area (Å²) in [4.78, 5) is 55.7. The number of rotatable bonds is 5. The molecule has 3 heterocycles. The number of pyridine rings is 1. The SMILES string of the molecule is COc1cc(C(=O)N2C[C@@H]3C(=O)NCCCN(C(=O)Cc4cccc(F)c4F)CCOc4cc(ccc4OC)[C@H]3C2)ccn1.O=CO. The zero-order valence-corrected chi connectivity index (χ0v) is 26.0. The van der Waals surface area contributed by atoms with Crippen molar-refractivity contribution in [2.75, 3.05) is 53.6 Å². The molecule has 2 aliphatic rings. The standard InChI is InChI=1S/C32H34F2N4O6.CH2O2/c1-42-26-8-7-20-15-27(26)44-14-13-37(29(39)17-21-5-3-6-25(33)30(21)34)12-4-10-36-31(40)24-19-38(18-23(20)24)32(41)22-9-11-35-28(16-22)43-2;2-1-3/h3,5-9,11,15-16,23-24H,4,10,12-14,17-19H2,1-2H3,(H,36,40);1H,(H,2,3)/t23-,24+;/m1./s1. The minimum absolute atomic E-state index is 0.0328. The van der Waals surface area contributed by atoms with Gasteiger partial charge in [-0.05, 0) is 36.2 Å². The lowest BCUT2D eigenvalue weighted by Crippen LogP contribution is -2.40. The van der Waals surface area contributed by atoms with Gasteiger partial charge < -0.3 is 34.4 Å². The molecule has 0 unspecified atom stereocenters. The Morgan fingerprint density at radius 1 is 1.06 bits per heavy atom. The number of hydrogen-bond acceptors (Lipinski definition) is 8. The van der Waals surface area contributed by atoms with E-state index in [1.165, 1.54) is 37.4 Å². The largest absolute Gasteiger partial charge is 0.493 e. The molecule has 0 saturated carbocycles. The van der Waals surface area contributed by atoms with E-state index >= 15 is 0 Å². The van der Waals surface area contributed by atoms with Gasteiger partial charge in [-0.25, -0.2) is 13.8 Å². The molecule has 1 aromatic heterocycles. The average Bonchev–Trinajstić information content (AvgIpc) is 3.53. The Labute approximate surface area is 270 Å². The van der Waals surface area contributed by atoms with E-state index in [0.717, 1.165) is 11.6 Å². The van der Waals surface area contributed by atoms with Gasteiger partial charge in [0.1, 0.15) is 6.61 Å². The van der Waals surface area contributed by atoms with Crippen LogP contribution in [-0.2, 0) is 20.8 Å². The number of amides is 3. The Kier molecular flexibility index (Phi) is 12.0. The summed E-state index contributed by atoms with van der Waals surface area (Å²) >= 11 is 0. The number of carbonyl (C=O) groups is 4. The molecular weight excluding hydrogens is 618 g/mol. The molecule has 14 heteroatoms. The molecule has 2 aliphatic heterocycles. The van der Waals surface area contributed by atoms with Crippen LogP contribution in [-0.4, -0.2) is 97.6 Å². The van der Waals surface area contributed by atoms with Crippen molar-refractivity contribution in [2.24, 2.45) is 5.92 Å². The summed E-state index contributed by atoms with van der Waals surface area (Å²) in [5, 5.41) is 9.86. The Morgan fingerprint density at radius 3 is 2.57 bits per heavy atom. The Hall–Kier alpha value is -5.27. The van der Waals surface area contributed by atoms with Gasteiger partial charge in [0.2, 0.25) is 17.7 Å². The smallest absolute Gasteiger partial charge is 0.290 e. The van der Waals surface area contributed by atoms with Gasteiger partial charge in [0.25, 0.3) is 12.4 Å². The molecule has 3 amide bonds. The zero-order valence-electron chi connectivity index (χ0n) is 26.0. The summed E-state index contributed by atoms with van der Waals surface area (Å²) in [6.45, 7) is 1.11. The van der Waals surface area contributed by atoms with Crippen LogP contribution in [0.5, 0.6) is 17.4 Å². The molecule has 0 spiro atoms. The van der Waals surface area contributed by atoms with Crippen LogP contribution in [0.1, 0.15) is 33.8 Å². The number of aromatic nitrogens is 1. The summed E-state index contributed by atoms with van der Waals surface area (Å²) in [6.07, 6.45) is 1.61. The number of methoxy groups -OCH3 is 2. The molecule has 0 radical (unpaired) electrons. The maximum Gasteiger partial charge on any atom is 0.290 e. The predicted octanol–water partition coefficient (Wildman–Crippen LogP) is 2.90. The van der Waals surface area contributed by atoms with Crippen LogP contribution in [0.4, 0.5) is 8.78 Å². The van der Waals surface area contributed by atoms with Crippen LogP contribution in [0.2, 0.25) is 0 Å². The van der Waals surface area contributed by atoms with Crippen molar-refractivity contribution in [3.05, 3.63) is 83.1 Å². The summed E-state index contributed by atoms with van der Waals surface area (Å²) in [6, 6.07) is 12.3. The number of carbonyl (C=O) groups excluding carboxylic acids is 3. The molecule has 5 rings (SSSR count). The fraction of sp³-hybridized carbons (Fsp3) is 0.364. The van der Waals surface area contributed by atoms with Crippen molar-refractivity contribution in [2.45, 2.75) is 18.8 Å². The minimum Gasteiger partial charge on any atom is -0.493 e. The van der Waals surface area contributed by atoms with E-state index in [4.69, 9.17) is 24.1 Å². The number of hydrogen-bond donors (Lipinski definition) is 2. The van der Waals surface area contributed by atoms with Crippen LogP contribution in [0.25, 0.3) is 0 Å². The zero-order chi connectivity index (χ0) is 33.9. The number of carboxylic acid groups (broad SMARTS) is 1. The van der Waals surface area contributed by atoms with E-state index in [1.807, 2.05) is 6.07 Å². The topological polar surface area (TPSA) is 148 Å². The third-order valence-electron chi connectivity index (χ3n) is 8.00. The van der Waals surface area contributed by atoms with E-state index in [1.54, 1.807) is 29.2 Å². The minimum atomic E-state index is -1.05. The molecule has 250 valence electrons. The number of halogens is 2. The van der Waals surface area contributed by atoms with Crippen molar-refractivity contribution in [3.8, 4) is 17.4 Å². The lowest BCUT2D eigenvalue weighted by atomic mass is 9.88.